The molecule has 3 rings (SSSR count). The standard InChI is InChI=1S/C13H19N5O2S/c1-13(2,3)9-7-18-11(15-9)21-12(16-18)17-4-5-20-8(6-17)10(14)19/h7-8H,4-6H2,1-3H3,(H2,14,19). The molecule has 8 heteroatoms. The molecule has 1 aliphatic heterocycles. The minimum Gasteiger partial charge on any atom is -0.367 e. The van der Waals surface area contributed by atoms with Crippen LogP contribution in [0.2, 0.25) is 0 Å². The Labute approximate surface area is 126 Å². The third-order valence-electron chi connectivity index (χ3n) is 3.46. The van der Waals surface area contributed by atoms with Gasteiger partial charge in [0, 0.05) is 12.0 Å². The van der Waals surface area contributed by atoms with Crippen molar-refractivity contribution in [2.24, 2.45) is 5.73 Å². The van der Waals surface area contributed by atoms with Crippen LogP contribution in [0.25, 0.3) is 4.96 Å². The molecule has 2 aromatic heterocycles. The van der Waals surface area contributed by atoms with Crippen LogP contribution in [0.4, 0.5) is 5.13 Å². The van der Waals surface area contributed by atoms with Crippen LogP contribution in [0.15, 0.2) is 6.20 Å². The number of rotatable bonds is 2. The van der Waals surface area contributed by atoms with Crippen molar-refractivity contribution in [3.8, 4) is 0 Å². The maximum absolute atomic E-state index is 11.2. The Kier molecular flexibility index (Phi) is 3.37. The molecule has 0 aliphatic carbocycles. The van der Waals surface area contributed by atoms with E-state index < -0.39 is 12.0 Å². The second kappa shape index (κ2) is 4.96. The van der Waals surface area contributed by atoms with Crippen molar-refractivity contribution in [3.63, 3.8) is 0 Å². The summed E-state index contributed by atoms with van der Waals surface area (Å²) in [6, 6.07) is 0. The number of anilines is 1. The molecular weight excluding hydrogens is 290 g/mol. The van der Waals surface area contributed by atoms with Gasteiger partial charge in [-0.05, 0) is 0 Å². The molecule has 2 aromatic rings. The van der Waals surface area contributed by atoms with Gasteiger partial charge in [-0.3, -0.25) is 4.79 Å². The van der Waals surface area contributed by atoms with Crippen LogP contribution in [0.1, 0.15) is 26.5 Å². The van der Waals surface area contributed by atoms with Gasteiger partial charge in [-0.25, -0.2) is 9.50 Å². The van der Waals surface area contributed by atoms with Crippen LogP contribution in [0.3, 0.4) is 0 Å². The number of hydrogen-bond donors (Lipinski definition) is 1. The highest BCUT2D eigenvalue weighted by Crippen LogP contribution is 2.28. The lowest BCUT2D eigenvalue weighted by Crippen LogP contribution is -2.48. The number of amides is 1. The average molecular weight is 309 g/mol. The molecular formula is C13H19N5O2S. The third-order valence-corrected chi connectivity index (χ3v) is 4.44. The molecule has 1 unspecified atom stereocenters. The van der Waals surface area contributed by atoms with E-state index in [4.69, 9.17) is 10.5 Å². The summed E-state index contributed by atoms with van der Waals surface area (Å²) in [5.41, 5.74) is 6.33. The number of primary amides is 1. The van der Waals surface area contributed by atoms with Crippen molar-refractivity contribution >= 4 is 27.3 Å². The summed E-state index contributed by atoms with van der Waals surface area (Å²) >= 11 is 1.51. The number of ether oxygens (including phenoxy) is 1. The summed E-state index contributed by atoms with van der Waals surface area (Å²) in [6.45, 7) is 7.99. The Balaban J connectivity index is 1.84. The highest BCUT2D eigenvalue weighted by molar-refractivity contribution is 7.20. The summed E-state index contributed by atoms with van der Waals surface area (Å²) in [6.07, 6.45) is 1.39. The number of carbonyl (C=O) groups excluding carboxylic acids is 1. The Morgan fingerprint density at radius 3 is 2.90 bits per heavy atom. The SMILES string of the molecule is CC(C)(C)c1cn2nc(N3CCOC(C(N)=O)C3)sc2n1. The third kappa shape index (κ3) is 2.73. The first kappa shape index (κ1) is 14.3. The summed E-state index contributed by atoms with van der Waals surface area (Å²) in [7, 11) is 0. The highest BCUT2D eigenvalue weighted by atomic mass is 32.1. The largest absolute Gasteiger partial charge is 0.367 e. The maximum Gasteiger partial charge on any atom is 0.248 e. The Morgan fingerprint density at radius 1 is 1.52 bits per heavy atom. The molecule has 21 heavy (non-hydrogen) atoms. The number of morpholine rings is 1. The Morgan fingerprint density at radius 2 is 2.29 bits per heavy atom. The fourth-order valence-electron chi connectivity index (χ4n) is 2.17. The molecule has 114 valence electrons. The first-order valence-electron chi connectivity index (χ1n) is 6.87. The van der Waals surface area contributed by atoms with Gasteiger partial charge in [-0.15, -0.1) is 5.10 Å². The predicted octanol–water partition coefficient (Wildman–Crippen LogP) is 0.779. The van der Waals surface area contributed by atoms with E-state index in [2.05, 4.69) is 30.9 Å². The second-order valence-corrected chi connectivity index (χ2v) is 7.13. The van der Waals surface area contributed by atoms with Gasteiger partial charge in [-0.1, -0.05) is 32.1 Å². The quantitative estimate of drug-likeness (QED) is 0.886. The molecule has 0 saturated carbocycles. The normalized spacial score (nSPS) is 20.1. The molecule has 0 aromatic carbocycles. The number of fused-ring (bicyclic) bond motifs is 1. The van der Waals surface area contributed by atoms with Crippen molar-refractivity contribution in [2.45, 2.75) is 32.3 Å². The van der Waals surface area contributed by atoms with E-state index in [-0.39, 0.29) is 5.41 Å². The Bertz CT molecular complexity index is 640. The van der Waals surface area contributed by atoms with E-state index in [1.54, 1.807) is 4.52 Å². The minimum absolute atomic E-state index is 0.00358. The lowest BCUT2D eigenvalue weighted by molar-refractivity contribution is -0.130. The molecule has 0 spiro atoms. The van der Waals surface area contributed by atoms with Gasteiger partial charge in [0.15, 0.2) is 6.10 Å². The van der Waals surface area contributed by atoms with E-state index in [0.717, 1.165) is 15.8 Å². The first-order chi connectivity index (χ1) is 9.84. The molecule has 1 atom stereocenters. The van der Waals surface area contributed by atoms with Gasteiger partial charge in [-0.2, -0.15) is 0 Å². The monoisotopic (exact) mass is 309 g/mol. The summed E-state index contributed by atoms with van der Waals surface area (Å²) in [4.78, 5) is 18.7. The van der Waals surface area contributed by atoms with Gasteiger partial charge in [0.2, 0.25) is 16.0 Å². The van der Waals surface area contributed by atoms with Crippen LogP contribution in [0.5, 0.6) is 0 Å². The van der Waals surface area contributed by atoms with Crippen molar-refractivity contribution in [1.29, 1.82) is 0 Å². The lowest BCUT2D eigenvalue weighted by atomic mass is 9.93. The van der Waals surface area contributed by atoms with Crippen molar-refractivity contribution < 1.29 is 9.53 Å². The van der Waals surface area contributed by atoms with E-state index in [1.807, 2.05) is 11.1 Å². The van der Waals surface area contributed by atoms with Crippen molar-refractivity contribution in [3.05, 3.63) is 11.9 Å². The smallest absolute Gasteiger partial charge is 0.248 e. The number of carbonyl (C=O) groups is 1. The number of nitrogens with two attached hydrogens (primary N) is 1. The lowest BCUT2D eigenvalue weighted by Gasteiger charge is -2.30. The number of aromatic nitrogens is 3. The number of imidazole rings is 1. The van der Waals surface area contributed by atoms with Crippen molar-refractivity contribution in [2.75, 3.05) is 24.6 Å². The second-order valence-electron chi connectivity index (χ2n) is 6.20. The molecule has 1 fully saturated rings. The zero-order valence-electron chi connectivity index (χ0n) is 12.4. The fraction of sp³-hybridized carbons (Fsp3) is 0.615. The van der Waals surface area contributed by atoms with Gasteiger partial charge in [0.05, 0.1) is 25.0 Å². The topological polar surface area (TPSA) is 85.8 Å². The first-order valence-corrected chi connectivity index (χ1v) is 7.69. The van der Waals surface area contributed by atoms with E-state index in [1.165, 1.54) is 11.3 Å². The highest BCUT2D eigenvalue weighted by Gasteiger charge is 2.27. The fourth-order valence-corrected chi connectivity index (χ4v) is 3.09. The van der Waals surface area contributed by atoms with Gasteiger partial charge < -0.3 is 15.4 Å². The molecule has 2 N–H and O–H groups in total. The van der Waals surface area contributed by atoms with Gasteiger partial charge in [0.25, 0.3) is 0 Å². The molecule has 3 heterocycles. The Hall–Kier alpha value is -1.67. The summed E-state index contributed by atoms with van der Waals surface area (Å²) < 4.78 is 7.15. The van der Waals surface area contributed by atoms with Crippen molar-refractivity contribution in [1.82, 2.24) is 14.6 Å². The van der Waals surface area contributed by atoms with Gasteiger partial charge in [0.1, 0.15) is 0 Å². The zero-order chi connectivity index (χ0) is 15.2. The molecule has 1 amide bonds. The van der Waals surface area contributed by atoms with E-state index in [9.17, 15) is 4.79 Å². The zero-order valence-corrected chi connectivity index (χ0v) is 13.2. The van der Waals surface area contributed by atoms with Crippen LogP contribution in [0, 0.1) is 0 Å². The van der Waals surface area contributed by atoms with Crippen LogP contribution in [-0.4, -0.2) is 46.3 Å². The minimum atomic E-state index is -0.569. The summed E-state index contributed by atoms with van der Waals surface area (Å²) in [5, 5.41) is 5.40. The molecule has 7 nitrogen and oxygen atoms in total. The molecule has 1 aliphatic rings. The van der Waals surface area contributed by atoms with E-state index >= 15 is 0 Å². The molecule has 1 saturated heterocycles. The van der Waals surface area contributed by atoms with Crippen LogP contribution >= 0.6 is 11.3 Å². The molecule has 0 bridgehead atoms. The number of nitrogens with zero attached hydrogens (tertiary/aromatic N) is 4. The number of hydrogen-bond acceptors (Lipinski definition) is 6. The average Bonchev–Trinajstić information content (AvgIpc) is 2.96. The predicted molar refractivity (Wildman–Crippen MR) is 80.7 cm³/mol. The summed E-state index contributed by atoms with van der Waals surface area (Å²) in [5.74, 6) is -0.434. The molecule has 0 radical (unpaired) electrons. The van der Waals surface area contributed by atoms with Crippen LogP contribution < -0.4 is 10.6 Å². The van der Waals surface area contributed by atoms with Crippen LogP contribution in [-0.2, 0) is 14.9 Å². The maximum atomic E-state index is 11.2. The van der Waals surface area contributed by atoms with E-state index in [0.29, 0.717) is 19.7 Å². The van der Waals surface area contributed by atoms with Gasteiger partial charge >= 0.3 is 0 Å².